The minimum absolute atomic E-state index is 0.586. The summed E-state index contributed by atoms with van der Waals surface area (Å²) < 4.78 is 0. The SMILES string of the molecule is C1CCCC1.C1CCCC1.[Cl][Mo][Cl]. The Balaban J connectivity index is 0.000000174. The van der Waals surface area contributed by atoms with Crippen molar-refractivity contribution in [3.8, 4) is 0 Å². The first-order valence-electron chi connectivity index (χ1n) is 5.31. The zero-order valence-electron chi connectivity index (χ0n) is 8.24. The van der Waals surface area contributed by atoms with Gasteiger partial charge in [-0.1, -0.05) is 64.2 Å². The Morgan fingerprint density at radius 2 is 0.538 bits per heavy atom. The van der Waals surface area contributed by atoms with Gasteiger partial charge in [0.2, 0.25) is 0 Å². The van der Waals surface area contributed by atoms with Crippen molar-refractivity contribution < 1.29 is 16.5 Å². The molecule has 0 atom stereocenters. The molecular formula is C10H20Cl2Mo. The van der Waals surface area contributed by atoms with Gasteiger partial charge in [-0.3, -0.25) is 0 Å². The second-order valence-corrected chi connectivity index (χ2v) is 6.64. The van der Waals surface area contributed by atoms with Crippen molar-refractivity contribution in [1.82, 2.24) is 0 Å². The number of hydrogen-bond donors (Lipinski definition) is 0. The number of hydrogen-bond acceptors (Lipinski definition) is 0. The Morgan fingerprint density at radius 1 is 0.462 bits per heavy atom. The van der Waals surface area contributed by atoms with Crippen LogP contribution >= 0.6 is 18.8 Å². The van der Waals surface area contributed by atoms with Crippen LogP contribution in [0.25, 0.3) is 0 Å². The predicted octanol–water partition coefficient (Wildman–Crippen LogP) is 5.28. The van der Waals surface area contributed by atoms with E-state index in [1.54, 1.807) is 0 Å². The molecule has 0 aromatic heterocycles. The monoisotopic (exact) mass is 308 g/mol. The van der Waals surface area contributed by atoms with Crippen LogP contribution in [-0.4, -0.2) is 0 Å². The number of rotatable bonds is 0. The van der Waals surface area contributed by atoms with Crippen LogP contribution < -0.4 is 0 Å². The molecule has 0 saturated heterocycles. The average molecular weight is 307 g/mol. The van der Waals surface area contributed by atoms with Gasteiger partial charge in [0.25, 0.3) is 0 Å². The molecule has 3 heteroatoms. The van der Waals surface area contributed by atoms with Crippen LogP contribution in [-0.2, 0) is 16.5 Å². The van der Waals surface area contributed by atoms with Crippen molar-refractivity contribution in [2.24, 2.45) is 0 Å². The fraction of sp³-hybridized carbons (Fsp3) is 1.00. The molecule has 0 heterocycles. The van der Waals surface area contributed by atoms with Crippen molar-refractivity contribution in [3.05, 3.63) is 0 Å². The first kappa shape index (κ1) is 14.3. The summed E-state index contributed by atoms with van der Waals surface area (Å²) in [5, 5.41) is 0. The molecule has 80 valence electrons. The Hall–Kier alpha value is 1.27. The van der Waals surface area contributed by atoms with Crippen molar-refractivity contribution in [2.45, 2.75) is 64.2 Å². The second kappa shape index (κ2) is 13.3. The quantitative estimate of drug-likeness (QED) is 0.534. The van der Waals surface area contributed by atoms with E-state index >= 15 is 0 Å². The summed E-state index contributed by atoms with van der Waals surface area (Å²) in [7, 11) is 9.79. The summed E-state index contributed by atoms with van der Waals surface area (Å²) in [6.45, 7) is 0. The maximum atomic E-state index is 4.89. The van der Waals surface area contributed by atoms with Crippen LogP contribution in [0.2, 0.25) is 0 Å². The third-order valence-corrected chi connectivity index (χ3v) is 2.50. The van der Waals surface area contributed by atoms with Crippen molar-refractivity contribution in [1.29, 1.82) is 0 Å². The van der Waals surface area contributed by atoms with E-state index in [2.05, 4.69) is 0 Å². The molecule has 2 rings (SSSR count). The van der Waals surface area contributed by atoms with Gasteiger partial charge < -0.3 is 0 Å². The molecule has 0 aromatic carbocycles. The molecule has 0 N–H and O–H groups in total. The molecule has 0 radical (unpaired) electrons. The van der Waals surface area contributed by atoms with E-state index in [-0.39, 0.29) is 0 Å². The summed E-state index contributed by atoms with van der Waals surface area (Å²) in [4.78, 5) is 0. The van der Waals surface area contributed by atoms with Gasteiger partial charge in [-0.05, 0) is 0 Å². The summed E-state index contributed by atoms with van der Waals surface area (Å²) in [5.41, 5.74) is 0. The summed E-state index contributed by atoms with van der Waals surface area (Å²) >= 11 is -0.586. The van der Waals surface area contributed by atoms with Gasteiger partial charge in [0, 0.05) is 0 Å². The van der Waals surface area contributed by atoms with Gasteiger partial charge in [-0.15, -0.1) is 0 Å². The van der Waals surface area contributed by atoms with Crippen LogP contribution in [0.1, 0.15) is 64.2 Å². The van der Waals surface area contributed by atoms with Gasteiger partial charge >= 0.3 is 35.3 Å². The number of halogens is 2. The predicted molar refractivity (Wildman–Crippen MR) is 57.9 cm³/mol. The summed E-state index contributed by atoms with van der Waals surface area (Å²) in [5.74, 6) is 0. The van der Waals surface area contributed by atoms with Gasteiger partial charge in [0.15, 0.2) is 0 Å². The average Bonchev–Trinajstić information content (AvgIpc) is 2.85. The van der Waals surface area contributed by atoms with Gasteiger partial charge in [0.05, 0.1) is 0 Å². The van der Waals surface area contributed by atoms with Crippen LogP contribution in [0.3, 0.4) is 0 Å². The first-order chi connectivity index (χ1) is 6.41. The molecule has 2 saturated carbocycles. The van der Waals surface area contributed by atoms with Crippen molar-refractivity contribution >= 4 is 18.8 Å². The molecular weight excluding hydrogens is 287 g/mol. The van der Waals surface area contributed by atoms with Crippen molar-refractivity contribution in [2.75, 3.05) is 0 Å². The molecule has 0 amide bonds. The second-order valence-electron chi connectivity index (χ2n) is 3.59. The molecule has 0 aromatic rings. The molecule has 2 aliphatic carbocycles. The fourth-order valence-electron chi connectivity index (χ4n) is 1.77. The Labute approximate surface area is 99.1 Å². The van der Waals surface area contributed by atoms with E-state index in [0.29, 0.717) is 0 Å². The topological polar surface area (TPSA) is 0 Å². The van der Waals surface area contributed by atoms with Gasteiger partial charge in [-0.2, -0.15) is 0 Å². The van der Waals surface area contributed by atoms with E-state index in [1.807, 2.05) is 0 Å². The van der Waals surface area contributed by atoms with E-state index in [9.17, 15) is 0 Å². The van der Waals surface area contributed by atoms with Crippen LogP contribution in [0, 0.1) is 0 Å². The normalized spacial score (nSPS) is 19.8. The maximum absolute atomic E-state index is 4.89. The Kier molecular flexibility index (Phi) is 14.6. The van der Waals surface area contributed by atoms with E-state index < -0.39 is 16.5 Å². The molecule has 13 heavy (non-hydrogen) atoms. The van der Waals surface area contributed by atoms with Crippen LogP contribution in [0.4, 0.5) is 0 Å². The molecule has 0 spiro atoms. The fourth-order valence-corrected chi connectivity index (χ4v) is 1.77. The van der Waals surface area contributed by atoms with Crippen LogP contribution in [0.15, 0.2) is 0 Å². The standard InChI is InChI=1S/2C5H10.2ClH.Mo/c2*1-2-4-5-3-1;;;/h2*1-5H2;2*1H;/q;;;;+2/p-2. The summed E-state index contributed by atoms with van der Waals surface area (Å²) in [6.07, 6.45) is 15.0. The minimum atomic E-state index is -0.586. The molecule has 0 nitrogen and oxygen atoms in total. The third kappa shape index (κ3) is 13.3. The molecule has 0 bridgehead atoms. The summed E-state index contributed by atoms with van der Waals surface area (Å²) in [6, 6.07) is 0. The third-order valence-electron chi connectivity index (χ3n) is 2.50. The zero-order chi connectivity index (χ0) is 9.78. The zero-order valence-corrected chi connectivity index (χ0v) is 11.8. The molecule has 0 unspecified atom stereocenters. The molecule has 2 fully saturated rings. The van der Waals surface area contributed by atoms with Crippen LogP contribution in [0.5, 0.6) is 0 Å². The Morgan fingerprint density at radius 3 is 0.615 bits per heavy atom. The first-order valence-corrected chi connectivity index (χ1v) is 10.5. The van der Waals surface area contributed by atoms with E-state index in [0.717, 1.165) is 0 Å². The molecule has 0 aliphatic heterocycles. The van der Waals surface area contributed by atoms with Crippen molar-refractivity contribution in [3.63, 3.8) is 0 Å². The Bertz CT molecular complexity index is 55.8. The van der Waals surface area contributed by atoms with Gasteiger partial charge in [-0.25, -0.2) is 0 Å². The van der Waals surface area contributed by atoms with E-state index in [4.69, 9.17) is 18.8 Å². The molecule has 2 aliphatic rings. The van der Waals surface area contributed by atoms with Gasteiger partial charge in [0.1, 0.15) is 0 Å². The van der Waals surface area contributed by atoms with E-state index in [1.165, 1.54) is 64.2 Å².